The summed E-state index contributed by atoms with van der Waals surface area (Å²) in [4.78, 5) is 21.6. The highest BCUT2D eigenvalue weighted by molar-refractivity contribution is 7.15. The second kappa shape index (κ2) is 9.01. The normalized spacial score (nSPS) is 10.8. The molecule has 0 unspecified atom stereocenters. The lowest BCUT2D eigenvalue weighted by atomic mass is 10.1. The Hall–Kier alpha value is -2.68. The molecular formula is C19H19ClN4O3S. The van der Waals surface area contributed by atoms with Crippen molar-refractivity contribution >= 4 is 40.7 Å². The third-order valence-corrected chi connectivity index (χ3v) is 5.11. The molecule has 9 heteroatoms. The van der Waals surface area contributed by atoms with Gasteiger partial charge in [0.25, 0.3) is 0 Å². The molecule has 0 aliphatic rings. The summed E-state index contributed by atoms with van der Waals surface area (Å²) in [6, 6.07) is 10.3. The number of aromatic nitrogens is 2. The fourth-order valence-electron chi connectivity index (χ4n) is 2.59. The first kappa shape index (κ1) is 20.1. The van der Waals surface area contributed by atoms with Crippen LogP contribution in [0.4, 0.5) is 11.8 Å². The molecule has 2 aromatic heterocycles. The summed E-state index contributed by atoms with van der Waals surface area (Å²) in [5, 5.41) is 12.9. The molecule has 0 atom stereocenters. The molecule has 28 heavy (non-hydrogen) atoms. The van der Waals surface area contributed by atoms with Crippen LogP contribution >= 0.6 is 22.9 Å². The van der Waals surface area contributed by atoms with Crippen LogP contribution in [0.2, 0.25) is 5.02 Å². The van der Waals surface area contributed by atoms with Gasteiger partial charge in [0.1, 0.15) is 5.82 Å². The molecule has 0 aliphatic heterocycles. The van der Waals surface area contributed by atoms with Crippen molar-refractivity contribution in [3.05, 3.63) is 57.6 Å². The van der Waals surface area contributed by atoms with E-state index in [1.54, 1.807) is 18.2 Å². The number of nitrogen functional groups attached to an aromatic ring is 1. The minimum atomic E-state index is -0.983. The van der Waals surface area contributed by atoms with Gasteiger partial charge < -0.3 is 20.9 Å². The first-order valence-corrected chi connectivity index (χ1v) is 9.66. The van der Waals surface area contributed by atoms with E-state index in [1.165, 1.54) is 17.4 Å². The van der Waals surface area contributed by atoms with Crippen molar-refractivity contribution in [2.24, 2.45) is 0 Å². The van der Waals surface area contributed by atoms with E-state index in [0.29, 0.717) is 42.1 Å². The number of halogens is 1. The largest absolute Gasteiger partial charge is 0.478 e. The molecule has 0 radical (unpaired) electrons. The number of aromatic carboxylic acids is 1. The molecule has 3 rings (SSSR count). The van der Waals surface area contributed by atoms with E-state index >= 15 is 0 Å². The predicted octanol–water partition coefficient (Wildman–Crippen LogP) is 4.08. The fourth-order valence-corrected chi connectivity index (χ4v) is 3.73. The van der Waals surface area contributed by atoms with Crippen molar-refractivity contribution in [1.82, 2.24) is 9.97 Å². The van der Waals surface area contributed by atoms with Gasteiger partial charge in [0.05, 0.1) is 18.8 Å². The Morgan fingerprint density at radius 1 is 1.29 bits per heavy atom. The topological polar surface area (TPSA) is 110 Å². The van der Waals surface area contributed by atoms with Gasteiger partial charge in [-0.05, 0) is 37.3 Å². The fraction of sp³-hybridized carbons (Fsp3) is 0.211. The zero-order valence-electron chi connectivity index (χ0n) is 15.1. The molecule has 0 fully saturated rings. The highest BCUT2D eigenvalue weighted by Crippen LogP contribution is 2.33. The standard InChI is InChI=1S/C19H19ClN4O3S/c1-11-8-17(21)24-19(23-11)22-6-7-27-10-13-3-5-16(28-13)15-9-12(20)2-4-14(15)18(25)26/h2-5,8-9H,6-7,10H2,1H3,(H,25,26)(H3,21,22,23,24). The van der Waals surface area contributed by atoms with Crippen LogP contribution in [0.15, 0.2) is 36.4 Å². The van der Waals surface area contributed by atoms with Gasteiger partial charge in [-0.2, -0.15) is 4.98 Å². The van der Waals surface area contributed by atoms with Gasteiger partial charge in [-0.3, -0.25) is 0 Å². The number of nitrogens with zero attached hydrogens (tertiary/aromatic N) is 2. The van der Waals surface area contributed by atoms with Crippen molar-refractivity contribution < 1.29 is 14.6 Å². The lowest BCUT2D eigenvalue weighted by Gasteiger charge is -2.07. The van der Waals surface area contributed by atoms with E-state index < -0.39 is 5.97 Å². The molecule has 0 aliphatic carbocycles. The first-order valence-electron chi connectivity index (χ1n) is 8.47. The Balaban J connectivity index is 1.54. The molecule has 4 N–H and O–H groups in total. The molecule has 146 valence electrons. The van der Waals surface area contributed by atoms with Crippen molar-refractivity contribution in [2.75, 3.05) is 24.2 Å². The van der Waals surface area contributed by atoms with Gasteiger partial charge in [-0.25, -0.2) is 9.78 Å². The average molecular weight is 419 g/mol. The van der Waals surface area contributed by atoms with Crippen LogP contribution in [0.5, 0.6) is 0 Å². The van der Waals surface area contributed by atoms with E-state index in [2.05, 4.69) is 15.3 Å². The zero-order valence-corrected chi connectivity index (χ0v) is 16.7. The first-order chi connectivity index (χ1) is 13.4. The van der Waals surface area contributed by atoms with Crippen molar-refractivity contribution in [2.45, 2.75) is 13.5 Å². The molecule has 0 saturated carbocycles. The van der Waals surface area contributed by atoms with Gasteiger partial charge in [-0.1, -0.05) is 11.6 Å². The third-order valence-electron chi connectivity index (χ3n) is 3.79. The van der Waals surface area contributed by atoms with Crippen molar-refractivity contribution in [3.63, 3.8) is 0 Å². The summed E-state index contributed by atoms with van der Waals surface area (Å²) in [5.74, 6) is -0.0895. The van der Waals surface area contributed by atoms with Crippen LogP contribution in [0.25, 0.3) is 10.4 Å². The van der Waals surface area contributed by atoms with Gasteiger partial charge in [-0.15, -0.1) is 11.3 Å². The molecule has 1 aromatic carbocycles. The second-order valence-corrected chi connectivity index (χ2v) is 7.60. The number of aryl methyl sites for hydroxylation is 1. The van der Waals surface area contributed by atoms with E-state index in [-0.39, 0.29) is 5.56 Å². The van der Waals surface area contributed by atoms with Crippen LogP contribution < -0.4 is 11.1 Å². The molecule has 0 bridgehead atoms. The number of carboxylic acids is 1. The molecular weight excluding hydrogens is 400 g/mol. The van der Waals surface area contributed by atoms with Crippen molar-refractivity contribution in [3.8, 4) is 10.4 Å². The lowest BCUT2D eigenvalue weighted by molar-refractivity contribution is 0.0698. The predicted molar refractivity (Wildman–Crippen MR) is 111 cm³/mol. The van der Waals surface area contributed by atoms with Gasteiger partial charge in [0.15, 0.2) is 0 Å². The Bertz CT molecular complexity index is 973. The van der Waals surface area contributed by atoms with Crippen LogP contribution in [-0.2, 0) is 11.3 Å². The SMILES string of the molecule is Cc1cc(N)nc(NCCOCc2ccc(-c3cc(Cl)ccc3C(=O)O)s2)n1. The van der Waals surface area contributed by atoms with Gasteiger partial charge >= 0.3 is 5.97 Å². The number of nitrogens with one attached hydrogen (secondary N) is 1. The number of ether oxygens (including phenoxy) is 1. The van der Waals surface area contributed by atoms with Crippen LogP contribution in [0, 0.1) is 6.92 Å². The highest BCUT2D eigenvalue weighted by Gasteiger charge is 2.14. The van der Waals surface area contributed by atoms with Gasteiger partial charge in [0.2, 0.25) is 5.95 Å². The number of anilines is 2. The van der Waals surface area contributed by atoms with E-state index in [9.17, 15) is 9.90 Å². The minimum Gasteiger partial charge on any atom is -0.478 e. The van der Waals surface area contributed by atoms with Gasteiger partial charge in [0, 0.05) is 38.6 Å². The zero-order chi connectivity index (χ0) is 20.1. The maximum absolute atomic E-state index is 11.4. The smallest absolute Gasteiger partial charge is 0.336 e. The lowest BCUT2D eigenvalue weighted by Crippen LogP contribution is -2.12. The van der Waals surface area contributed by atoms with Crippen LogP contribution in [0.3, 0.4) is 0 Å². The summed E-state index contributed by atoms with van der Waals surface area (Å²) in [5.41, 5.74) is 7.31. The number of carbonyl (C=O) groups is 1. The third kappa shape index (κ3) is 5.19. The number of rotatable bonds is 8. The number of thiophene rings is 1. The number of hydrogen-bond donors (Lipinski definition) is 3. The maximum Gasteiger partial charge on any atom is 0.336 e. The number of nitrogens with two attached hydrogens (primary N) is 1. The highest BCUT2D eigenvalue weighted by atomic mass is 35.5. The molecule has 0 amide bonds. The monoisotopic (exact) mass is 418 g/mol. The number of carboxylic acid groups (broad SMARTS) is 1. The summed E-state index contributed by atoms with van der Waals surface area (Å²) in [6.07, 6.45) is 0. The van der Waals surface area contributed by atoms with E-state index in [0.717, 1.165) is 15.4 Å². The van der Waals surface area contributed by atoms with Crippen LogP contribution in [-0.4, -0.2) is 34.2 Å². The Kier molecular flexibility index (Phi) is 6.45. The minimum absolute atomic E-state index is 0.223. The maximum atomic E-state index is 11.4. The second-order valence-electron chi connectivity index (χ2n) is 6.00. The van der Waals surface area contributed by atoms with E-state index in [1.807, 2.05) is 19.1 Å². The molecule has 3 aromatic rings. The molecule has 2 heterocycles. The number of benzene rings is 1. The average Bonchev–Trinajstić information content (AvgIpc) is 3.09. The summed E-state index contributed by atoms with van der Waals surface area (Å²) in [7, 11) is 0. The molecule has 7 nitrogen and oxygen atoms in total. The van der Waals surface area contributed by atoms with Crippen LogP contribution in [0.1, 0.15) is 20.9 Å². The molecule has 0 saturated heterocycles. The van der Waals surface area contributed by atoms with Crippen molar-refractivity contribution in [1.29, 1.82) is 0 Å². The summed E-state index contributed by atoms with van der Waals surface area (Å²) >= 11 is 7.50. The Morgan fingerprint density at radius 3 is 2.86 bits per heavy atom. The number of hydrogen-bond acceptors (Lipinski definition) is 7. The molecule has 0 spiro atoms. The Morgan fingerprint density at radius 2 is 2.11 bits per heavy atom. The summed E-state index contributed by atoms with van der Waals surface area (Å²) in [6.45, 7) is 3.27. The Labute approximate surface area is 171 Å². The summed E-state index contributed by atoms with van der Waals surface area (Å²) < 4.78 is 5.67. The quantitative estimate of drug-likeness (QED) is 0.473. The van der Waals surface area contributed by atoms with E-state index in [4.69, 9.17) is 22.1 Å².